The van der Waals surface area contributed by atoms with Gasteiger partial charge in [-0.3, -0.25) is 9.78 Å². The van der Waals surface area contributed by atoms with Gasteiger partial charge in [-0.15, -0.1) is 0 Å². The number of likely N-dealkylation sites (tertiary alicyclic amines) is 1. The van der Waals surface area contributed by atoms with Gasteiger partial charge in [0.1, 0.15) is 11.9 Å². The molecular formula is C14H19N3O2. The Morgan fingerprint density at radius 1 is 1.47 bits per heavy atom. The summed E-state index contributed by atoms with van der Waals surface area (Å²) in [5.74, 6) is 1.01. The van der Waals surface area contributed by atoms with Crippen LogP contribution in [-0.2, 0) is 4.79 Å². The Hall–Kier alpha value is -1.62. The minimum absolute atomic E-state index is 0.0251. The van der Waals surface area contributed by atoms with Gasteiger partial charge in [0.2, 0.25) is 5.91 Å². The van der Waals surface area contributed by atoms with E-state index in [0.29, 0.717) is 6.54 Å². The van der Waals surface area contributed by atoms with Crippen LogP contribution in [0.5, 0.6) is 5.75 Å². The third kappa shape index (κ3) is 2.87. The fraction of sp³-hybridized carbons (Fsp3) is 0.571. The topological polar surface area (TPSA) is 54.5 Å². The molecule has 0 radical (unpaired) electrons. The largest absolute Gasteiger partial charge is 0.487 e. The molecule has 5 heteroatoms. The number of ether oxygens (including phenoxy) is 1. The molecule has 2 saturated heterocycles. The summed E-state index contributed by atoms with van der Waals surface area (Å²) in [5.41, 5.74) is 0. The summed E-state index contributed by atoms with van der Waals surface area (Å²) in [4.78, 5) is 18.2. The van der Waals surface area contributed by atoms with Crippen molar-refractivity contribution < 1.29 is 9.53 Å². The number of pyridine rings is 1. The van der Waals surface area contributed by atoms with Crippen LogP contribution in [-0.4, -0.2) is 47.6 Å². The van der Waals surface area contributed by atoms with E-state index < -0.39 is 0 Å². The highest BCUT2D eigenvalue weighted by Gasteiger charge is 2.32. The van der Waals surface area contributed by atoms with Crippen molar-refractivity contribution >= 4 is 5.91 Å². The molecule has 0 aromatic carbocycles. The summed E-state index contributed by atoms with van der Waals surface area (Å²) in [7, 11) is 0. The SMILES string of the molecule is O=C([C@@H]1CCCN1)N1CC[C@@H](Oc2cccnc2)C1. The minimum atomic E-state index is 0.0251. The summed E-state index contributed by atoms with van der Waals surface area (Å²) in [6, 6.07) is 3.78. The van der Waals surface area contributed by atoms with Gasteiger partial charge in [0, 0.05) is 19.2 Å². The van der Waals surface area contributed by atoms with Gasteiger partial charge < -0.3 is 15.0 Å². The zero-order valence-electron chi connectivity index (χ0n) is 10.9. The molecule has 1 amide bonds. The molecule has 102 valence electrons. The van der Waals surface area contributed by atoms with Gasteiger partial charge >= 0.3 is 0 Å². The van der Waals surface area contributed by atoms with Crippen LogP contribution in [0.1, 0.15) is 19.3 Å². The average Bonchev–Trinajstić information content (AvgIpc) is 3.10. The molecule has 1 aromatic heterocycles. The lowest BCUT2D eigenvalue weighted by molar-refractivity contribution is -0.132. The van der Waals surface area contributed by atoms with Crippen molar-refractivity contribution in [2.45, 2.75) is 31.4 Å². The van der Waals surface area contributed by atoms with Gasteiger partial charge in [-0.2, -0.15) is 0 Å². The Kier molecular flexibility index (Phi) is 3.64. The standard InChI is InChI=1S/C14H19N3O2/c18-14(13-4-2-7-16-13)17-8-5-12(10-17)19-11-3-1-6-15-9-11/h1,3,6,9,12-13,16H,2,4-5,7-8,10H2/t12-,13+/m1/s1. The molecule has 0 saturated carbocycles. The maximum Gasteiger partial charge on any atom is 0.239 e. The Balaban J connectivity index is 1.53. The molecule has 3 heterocycles. The lowest BCUT2D eigenvalue weighted by Crippen LogP contribution is -2.43. The number of rotatable bonds is 3. The van der Waals surface area contributed by atoms with Crippen LogP contribution >= 0.6 is 0 Å². The highest BCUT2D eigenvalue weighted by atomic mass is 16.5. The van der Waals surface area contributed by atoms with Crippen molar-refractivity contribution in [3.8, 4) is 5.75 Å². The number of nitrogens with zero attached hydrogens (tertiary/aromatic N) is 2. The second-order valence-corrected chi connectivity index (χ2v) is 5.15. The lowest BCUT2D eigenvalue weighted by atomic mass is 10.2. The first-order chi connectivity index (χ1) is 9.33. The Morgan fingerprint density at radius 3 is 3.16 bits per heavy atom. The quantitative estimate of drug-likeness (QED) is 0.875. The summed E-state index contributed by atoms with van der Waals surface area (Å²) < 4.78 is 5.84. The first-order valence-corrected chi connectivity index (χ1v) is 6.92. The van der Waals surface area contributed by atoms with E-state index in [-0.39, 0.29) is 18.1 Å². The summed E-state index contributed by atoms with van der Waals surface area (Å²) in [6.45, 7) is 2.44. The van der Waals surface area contributed by atoms with E-state index in [1.54, 1.807) is 12.4 Å². The molecule has 0 unspecified atom stereocenters. The Labute approximate surface area is 113 Å². The summed E-state index contributed by atoms with van der Waals surface area (Å²) >= 11 is 0. The highest BCUT2D eigenvalue weighted by Crippen LogP contribution is 2.19. The molecule has 19 heavy (non-hydrogen) atoms. The van der Waals surface area contributed by atoms with Gasteiger partial charge in [0.25, 0.3) is 0 Å². The molecular weight excluding hydrogens is 242 g/mol. The molecule has 2 aliphatic rings. The van der Waals surface area contributed by atoms with E-state index in [1.165, 1.54) is 0 Å². The number of nitrogens with one attached hydrogen (secondary N) is 1. The van der Waals surface area contributed by atoms with Crippen LogP contribution in [0.3, 0.4) is 0 Å². The second kappa shape index (κ2) is 5.57. The fourth-order valence-electron chi connectivity index (χ4n) is 2.75. The van der Waals surface area contributed by atoms with Crippen molar-refractivity contribution in [2.75, 3.05) is 19.6 Å². The van der Waals surface area contributed by atoms with Gasteiger partial charge in [-0.05, 0) is 31.5 Å². The molecule has 0 bridgehead atoms. The van der Waals surface area contributed by atoms with E-state index in [2.05, 4.69) is 10.3 Å². The van der Waals surface area contributed by atoms with Crippen LogP contribution in [0.4, 0.5) is 0 Å². The fourth-order valence-corrected chi connectivity index (χ4v) is 2.75. The third-order valence-electron chi connectivity index (χ3n) is 3.75. The summed E-state index contributed by atoms with van der Waals surface area (Å²) in [6.07, 6.45) is 6.48. The van der Waals surface area contributed by atoms with E-state index in [9.17, 15) is 4.79 Å². The van der Waals surface area contributed by atoms with Crippen LogP contribution < -0.4 is 10.1 Å². The van der Waals surface area contributed by atoms with E-state index in [1.807, 2.05) is 17.0 Å². The maximum absolute atomic E-state index is 12.2. The molecule has 2 atom stereocenters. The number of aromatic nitrogens is 1. The number of hydrogen-bond acceptors (Lipinski definition) is 4. The number of carbonyl (C=O) groups excluding carboxylic acids is 1. The molecule has 0 aliphatic carbocycles. The molecule has 3 rings (SSSR count). The predicted octanol–water partition coefficient (Wildman–Crippen LogP) is 0.813. The molecule has 1 N–H and O–H groups in total. The monoisotopic (exact) mass is 261 g/mol. The van der Waals surface area contributed by atoms with Crippen LogP contribution in [0.15, 0.2) is 24.5 Å². The zero-order chi connectivity index (χ0) is 13.1. The van der Waals surface area contributed by atoms with Crippen molar-refractivity contribution in [3.05, 3.63) is 24.5 Å². The molecule has 2 fully saturated rings. The van der Waals surface area contributed by atoms with Gasteiger partial charge in [-0.25, -0.2) is 0 Å². The van der Waals surface area contributed by atoms with E-state index in [4.69, 9.17) is 4.74 Å². The summed E-state index contributed by atoms with van der Waals surface area (Å²) in [5, 5.41) is 3.26. The van der Waals surface area contributed by atoms with Gasteiger partial charge in [0.05, 0.1) is 18.8 Å². The molecule has 0 spiro atoms. The predicted molar refractivity (Wildman–Crippen MR) is 70.9 cm³/mol. The first kappa shape index (κ1) is 12.4. The molecule has 2 aliphatic heterocycles. The van der Waals surface area contributed by atoms with Gasteiger partial charge in [0.15, 0.2) is 0 Å². The second-order valence-electron chi connectivity index (χ2n) is 5.15. The number of hydrogen-bond donors (Lipinski definition) is 1. The zero-order valence-corrected chi connectivity index (χ0v) is 10.9. The Bertz CT molecular complexity index is 432. The van der Waals surface area contributed by atoms with Crippen LogP contribution in [0, 0.1) is 0 Å². The van der Waals surface area contributed by atoms with Crippen LogP contribution in [0.2, 0.25) is 0 Å². The minimum Gasteiger partial charge on any atom is -0.487 e. The first-order valence-electron chi connectivity index (χ1n) is 6.92. The van der Waals surface area contributed by atoms with E-state index in [0.717, 1.165) is 38.1 Å². The maximum atomic E-state index is 12.2. The molecule has 1 aromatic rings. The van der Waals surface area contributed by atoms with Crippen molar-refractivity contribution in [1.29, 1.82) is 0 Å². The van der Waals surface area contributed by atoms with Crippen molar-refractivity contribution in [3.63, 3.8) is 0 Å². The normalized spacial score (nSPS) is 26.6. The van der Waals surface area contributed by atoms with E-state index >= 15 is 0 Å². The smallest absolute Gasteiger partial charge is 0.239 e. The van der Waals surface area contributed by atoms with Crippen molar-refractivity contribution in [1.82, 2.24) is 15.2 Å². The number of amides is 1. The highest BCUT2D eigenvalue weighted by molar-refractivity contribution is 5.82. The molecule has 5 nitrogen and oxygen atoms in total. The third-order valence-corrected chi connectivity index (χ3v) is 3.75. The number of carbonyl (C=O) groups is 1. The Morgan fingerprint density at radius 2 is 2.42 bits per heavy atom. The van der Waals surface area contributed by atoms with Crippen LogP contribution in [0.25, 0.3) is 0 Å². The van der Waals surface area contributed by atoms with Gasteiger partial charge in [-0.1, -0.05) is 0 Å². The lowest BCUT2D eigenvalue weighted by Gasteiger charge is -2.20. The van der Waals surface area contributed by atoms with Crippen molar-refractivity contribution in [2.24, 2.45) is 0 Å². The average molecular weight is 261 g/mol.